The van der Waals surface area contributed by atoms with Crippen molar-refractivity contribution in [1.82, 2.24) is 0 Å². The molecule has 0 saturated heterocycles. The minimum absolute atomic E-state index is 0.695. The van der Waals surface area contributed by atoms with E-state index in [9.17, 15) is 5.11 Å². The van der Waals surface area contributed by atoms with Gasteiger partial charge in [0.1, 0.15) is 0 Å². The summed E-state index contributed by atoms with van der Waals surface area (Å²) in [6, 6.07) is 7.91. The Hall–Kier alpha value is -1.02. The fourth-order valence-corrected chi connectivity index (χ4v) is 1.74. The molecule has 2 N–H and O–H groups in total. The van der Waals surface area contributed by atoms with Crippen LogP contribution < -0.4 is 5.32 Å². The summed E-state index contributed by atoms with van der Waals surface area (Å²) in [4.78, 5) is 0. The first kappa shape index (κ1) is 11.1. The molecule has 2 heteroatoms. The van der Waals surface area contributed by atoms with Crippen LogP contribution in [0.4, 0.5) is 5.69 Å². The van der Waals surface area contributed by atoms with Crippen molar-refractivity contribution in [2.75, 3.05) is 12.4 Å². The van der Waals surface area contributed by atoms with E-state index in [-0.39, 0.29) is 0 Å². The van der Waals surface area contributed by atoms with Gasteiger partial charge < -0.3 is 10.4 Å². The number of benzene rings is 1. The lowest BCUT2D eigenvalue weighted by molar-refractivity contribution is 0.0291. The van der Waals surface area contributed by atoms with Crippen LogP contribution in [0, 0.1) is 0 Å². The highest BCUT2D eigenvalue weighted by Crippen LogP contribution is 2.33. The number of hydrogen-bond acceptors (Lipinski definition) is 2. The minimum atomic E-state index is -0.695. The number of rotatable bonds is 4. The van der Waals surface area contributed by atoms with Crippen molar-refractivity contribution in [1.29, 1.82) is 0 Å². The molecule has 0 spiro atoms. The maximum absolute atomic E-state index is 10.4. The molecule has 0 heterocycles. The Bertz CT molecular complexity index is 292. The van der Waals surface area contributed by atoms with Crippen molar-refractivity contribution in [3.8, 4) is 0 Å². The molecular formula is C12H19NO. The number of hydrogen-bond donors (Lipinski definition) is 2. The normalized spacial score (nSPS) is 11.4. The van der Waals surface area contributed by atoms with Gasteiger partial charge in [-0.15, -0.1) is 0 Å². The predicted molar refractivity (Wildman–Crippen MR) is 60.5 cm³/mol. The third kappa shape index (κ3) is 1.90. The highest BCUT2D eigenvalue weighted by molar-refractivity contribution is 5.53. The first-order chi connectivity index (χ1) is 6.68. The van der Waals surface area contributed by atoms with Gasteiger partial charge in [0.05, 0.1) is 5.60 Å². The zero-order valence-corrected chi connectivity index (χ0v) is 9.17. The van der Waals surface area contributed by atoms with E-state index in [2.05, 4.69) is 5.32 Å². The van der Waals surface area contributed by atoms with Crippen molar-refractivity contribution in [3.63, 3.8) is 0 Å². The summed E-state index contributed by atoms with van der Waals surface area (Å²) in [6.07, 6.45) is 1.48. The van der Waals surface area contributed by atoms with E-state index >= 15 is 0 Å². The highest BCUT2D eigenvalue weighted by Gasteiger charge is 2.26. The molecule has 0 bridgehead atoms. The van der Waals surface area contributed by atoms with Gasteiger partial charge in [-0.3, -0.25) is 0 Å². The van der Waals surface area contributed by atoms with Crippen molar-refractivity contribution in [2.45, 2.75) is 32.3 Å². The number of aliphatic hydroxyl groups is 1. The van der Waals surface area contributed by atoms with Crippen molar-refractivity contribution >= 4 is 5.69 Å². The van der Waals surface area contributed by atoms with Crippen molar-refractivity contribution in [2.24, 2.45) is 0 Å². The van der Waals surface area contributed by atoms with Crippen LogP contribution in [0.5, 0.6) is 0 Å². The van der Waals surface area contributed by atoms with E-state index in [1.54, 1.807) is 0 Å². The molecule has 1 aromatic carbocycles. The Balaban J connectivity index is 3.15. The number of anilines is 1. The Labute approximate surface area is 86.0 Å². The fourth-order valence-electron chi connectivity index (χ4n) is 1.74. The number of para-hydroxylation sites is 1. The van der Waals surface area contributed by atoms with Crippen LogP contribution in [0.1, 0.15) is 32.3 Å². The summed E-state index contributed by atoms with van der Waals surface area (Å²) in [5, 5.41) is 13.5. The second-order valence-electron chi connectivity index (χ2n) is 3.53. The topological polar surface area (TPSA) is 32.3 Å². The first-order valence-corrected chi connectivity index (χ1v) is 5.17. The van der Waals surface area contributed by atoms with E-state index in [0.717, 1.165) is 24.1 Å². The van der Waals surface area contributed by atoms with Gasteiger partial charge in [-0.1, -0.05) is 32.0 Å². The molecule has 1 aromatic rings. The van der Waals surface area contributed by atoms with Crippen LogP contribution in [-0.4, -0.2) is 12.2 Å². The monoisotopic (exact) mass is 193 g/mol. The molecule has 0 atom stereocenters. The van der Waals surface area contributed by atoms with Gasteiger partial charge in [0.25, 0.3) is 0 Å². The third-order valence-electron chi connectivity index (χ3n) is 2.87. The maximum Gasteiger partial charge on any atom is 0.0911 e. The Morgan fingerprint density at radius 3 is 2.29 bits per heavy atom. The fraction of sp³-hybridized carbons (Fsp3) is 0.500. The lowest BCUT2D eigenvalue weighted by atomic mass is 9.87. The van der Waals surface area contributed by atoms with Crippen LogP contribution in [0.25, 0.3) is 0 Å². The molecule has 0 fully saturated rings. The lowest BCUT2D eigenvalue weighted by Gasteiger charge is -2.28. The van der Waals surface area contributed by atoms with Crippen LogP contribution in [-0.2, 0) is 5.60 Å². The molecule has 0 aliphatic heterocycles. The van der Waals surface area contributed by atoms with Gasteiger partial charge in [-0.25, -0.2) is 0 Å². The molecule has 0 radical (unpaired) electrons. The predicted octanol–water partition coefficient (Wildman–Crippen LogP) is 2.74. The molecule has 0 aliphatic carbocycles. The summed E-state index contributed by atoms with van der Waals surface area (Å²) < 4.78 is 0. The molecule has 0 amide bonds. The van der Waals surface area contributed by atoms with Gasteiger partial charge in [-0.2, -0.15) is 0 Å². The van der Waals surface area contributed by atoms with Crippen LogP contribution in [0.2, 0.25) is 0 Å². The standard InChI is InChI=1S/C12H19NO/c1-4-12(14,5-2)10-8-6-7-9-11(10)13-3/h6-9,13-14H,4-5H2,1-3H3. The van der Waals surface area contributed by atoms with Gasteiger partial charge in [0, 0.05) is 18.3 Å². The summed E-state index contributed by atoms with van der Waals surface area (Å²) in [6.45, 7) is 4.02. The molecule has 0 aliphatic rings. The second-order valence-corrected chi connectivity index (χ2v) is 3.53. The maximum atomic E-state index is 10.4. The van der Waals surface area contributed by atoms with E-state index in [4.69, 9.17) is 0 Å². The molecular weight excluding hydrogens is 174 g/mol. The van der Waals surface area contributed by atoms with Gasteiger partial charge >= 0.3 is 0 Å². The van der Waals surface area contributed by atoms with Gasteiger partial charge in [-0.05, 0) is 18.9 Å². The van der Waals surface area contributed by atoms with E-state index in [1.807, 2.05) is 45.2 Å². The molecule has 2 nitrogen and oxygen atoms in total. The molecule has 1 rings (SSSR count). The van der Waals surface area contributed by atoms with E-state index in [1.165, 1.54) is 0 Å². The van der Waals surface area contributed by atoms with Gasteiger partial charge in [0.15, 0.2) is 0 Å². The van der Waals surface area contributed by atoms with Crippen LogP contribution in [0.3, 0.4) is 0 Å². The van der Waals surface area contributed by atoms with Crippen molar-refractivity contribution < 1.29 is 5.11 Å². The lowest BCUT2D eigenvalue weighted by Crippen LogP contribution is -2.24. The number of nitrogens with one attached hydrogen (secondary N) is 1. The summed E-state index contributed by atoms with van der Waals surface area (Å²) in [7, 11) is 1.88. The smallest absolute Gasteiger partial charge is 0.0911 e. The molecule has 0 unspecified atom stereocenters. The molecule has 78 valence electrons. The molecule has 0 saturated carbocycles. The zero-order valence-electron chi connectivity index (χ0n) is 9.17. The quantitative estimate of drug-likeness (QED) is 0.770. The highest BCUT2D eigenvalue weighted by atomic mass is 16.3. The van der Waals surface area contributed by atoms with Crippen LogP contribution >= 0.6 is 0 Å². The average molecular weight is 193 g/mol. The Morgan fingerprint density at radius 1 is 1.21 bits per heavy atom. The van der Waals surface area contributed by atoms with E-state index in [0.29, 0.717) is 0 Å². The third-order valence-corrected chi connectivity index (χ3v) is 2.87. The Morgan fingerprint density at radius 2 is 1.79 bits per heavy atom. The summed E-state index contributed by atoms with van der Waals surface area (Å²) >= 11 is 0. The Kier molecular flexibility index (Phi) is 3.53. The van der Waals surface area contributed by atoms with E-state index < -0.39 is 5.60 Å². The second kappa shape index (κ2) is 4.47. The largest absolute Gasteiger partial charge is 0.388 e. The average Bonchev–Trinajstić information content (AvgIpc) is 2.28. The summed E-state index contributed by atoms with van der Waals surface area (Å²) in [5.74, 6) is 0. The van der Waals surface area contributed by atoms with Crippen molar-refractivity contribution in [3.05, 3.63) is 29.8 Å². The SMILES string of the molecule is CCC(O)(CC)c1ccccc1NC. The molecule has 0 aromatic heterocycles. The minimum Gasteiger partial charge on any atom is -0.388 e. The summed E-state index contributed by atoms with van der Waals surface area (Å²) in [5.41, 5.74) is 1.31. The van der Waals surface area contributed by atoms with Crippen LogP contribution in [0.15, 0.2) is 24.3 Å². The molecule has 14 heavy (non-hydrogen) atoms. The zero-order chi connectivity index (χ0) is 10.6. The van der Waals surface area contributed by atoms with Gasteiger partial charge in [0.2, 0.25) is 0 Å². The first-order valence-electron chi connectivity index (χ1n) is 5.17.